The maximum absolute atomic E-state index is 11.5. The Morgan fingerprint density at radius 1 is 1.61 bits per heavy atom. The standard InChI is InChI=1S/C14H28N2O2/c1-5-11(2)10-16(4)12-7-6-8-14(9-12,15-3)13(17)18/h11-12,15H,5-10H2,1-4H3,(H,17,18). The second-order valence-corrected chi connectivity index (χ2v) is 5.84. The molecule has 1 saturated carbocycles. The van der Waals surface area contributed by atoms with Crippen LogP contribution in [0.4, 0.5) is 0 Å². The molecule has 0 radical (unpaired) electrons. The predicted molar refractivity (Wildman–Crippen MR) is 73.8 cm³/mol. The largest absolute Gasteiger partial charge is 0.480 e. The zero-order valence-electron chi connectivity index (χ0n) is 12.2. The number of carboxylic acids is 1. The first-order chi connectivity index (χ1) is 8.45. The summed E-state index contributed by atoms with van der Waals surface area (Å²) in [6.45, 7) is 5.51. The summed E-state index contributed by atoms with van der Waals surface area (Å²) in [5.41, 5.74) is -0.716. The van der Waals surface area contributed by atoms with E-state index in [2.05, 4.69) is 31.1 Å². The van der Waals surface area contributed by atoms with Gasteiger partial charge in [-0.25, -0.2) is 0 Å². The number of aliphatic carboxylic acids is 1. The number of likely N-dealkylation sites (N-methyl/N-ethyl adjacent to an activating group) is 1. The molecule has 3 unspecified atom stereocenters. The van der Waals surface area contributed by atoms with Crippen molar-refractivity contribution in [1.82, 2.24) is 10.2 Å². The molecule has 0 aliphatic heterocycles. The van der Waals surface area contributed by atoms with Crippen LogP contribution in [-0.4, -0.2) is 48.2 Å². The lowest BCUT2D eigenvalue weighted by Crippen LogP contribution is -2.57. The minimum Gasteiger partial charge on any atom is -0.480 e. The Balaban J connectivity index is 2.65. The monoisotopic (exact) mass is 256 g/mol. The van der Waals surface area contributed by atoms with Crippen molar-refractivity contribution >= 4 is 5.97 Å². The van der Waals surface area contributed by atoms with Crippen molar-refractivity contribution in [3.63, 3.8) is 0 Å². The van der Waals surface area contributed by atoms with E-state index in [0.29, 0.717) is 18.4 Å². The van der Waals surface area contributed by atoms with Gasteiger partial charge in [0.05, 0.1) is 0 Å². The minimum absolute atomic E-state index is 0.385. The molecule has 0 aromatic rings. The fraction of sp³-hybridized carbons (Fsp3) is 0.929. The number of rotatable bonds is 6. The average molecular weight is 256 g/mol. The van der Waals surface area contributed by atoms with Crippen molar-refractivity contribution in [1.29, 1.82) is 0 Å². The van der Waals surface area contributed by atoms with Gasteiger partial charge in [-0.1, -0.05) is 20.3 Å². The van der Waals surface area contributed by atoms with E-state index >= 15 is 0 Å². The summed E-state index contributed by atoms with van der Waals surface area (Å²) in [4.78, 5) is 13.8. The molecule has 0 bridgehead atoms. The number of carbonyl (C=O) groups is 1. The molecule has 0 aromatic carbocycles. The smallest absolute Gasteiger partial charge is 0.323 e. The summed E-state index contributed by atoms with van der Waals surface area (Å²) in [5.74, 6) is -0.0302. The summed E-state index contributed by atoms with van der Waals surface area (Å²) < 4.78 is 0. The first kappa shape index (κ1) is 15.4. The van der Waals surface area contributed by atoms with Crippen LogP contribution in [0.1, 0.15) is 46.0 Å². The van der Waals surface area contributed by atoms with Gasteiger partial charge >= 0.3 is 5.97 Å². The number of carboxylic acid groups (broad SMARTS) is 1. The first-order valence-electron chi connectivity index (χ1n) is 7.07. The Morgan fingerprint density at radius 3 is 2.78 bits per heavy atom. The van der Waals surface area contributed by atoms with Crippen LogP contribution in [0.15, 0.2) is 0 Å². The second-order valence-electron chi connectivity index (χ2n) is 5.84. The molecule has 1 aliphatic carbocycles. The number of hydrogen-bond acceptors (Lipinski definition) is 3. The van der Waals surface area contributed by atoms with Gasteiger partial charge in [-0.15, -0.1) is 0 Å². The molecule has 18 heavy (non-hydrogen) atoms. The third-order valence-electron chi connectivity index (χ3n) is 4.53. The van der Waals surface area contributed by atoms with Crippen molar-refractivity contribution in [2.45, 2.75) is 57.5 Å². The molecular weight excluding hydrogens is 228 g/mol. The van der Waals surface area contributed by atoms with Gasteiger partial charge in [-0.2, -0.15) is 0 Å². The molecule has 0 heterocycles. The molecule has 0 amide bonds. The number of nitrogens with one attached hydrogen (secondary N) is 1. The Hall–Kier alpha value is -0.610. The second kappa shape index (κ2) is 6.53. The van der Waals surface area contributed by atoms with Crippen LogP contribution in [-0.2, 0) is 4.79 Å². The van der Waals surface area contributed by atoms with E-state index in [1.165, 1.54) is 6.42 Å². The molecular formula is C14H28N2O2. The number of hydrogen-bond donors (Lipinski definition) is 2. The normalized spacial score (nSPS) is 30.4. The van der Waals surface area contributed by atoms with Crippen molar-refractivity contribution in [3.05, 3.63) is 0 Å². The summed E-state index contributed by atoms with van der Waals surface area (Å²) >= 11 is 0. The molecule has 1 fully saturated rings. The van der Waals surface area contributed by atoms with Crippen molar-refractivity contribution in [2.24, 2.45) is 5.92 Å². The molecule has 0 spiro atoms. The van der Waals surface area contributed by atoms with Gasteiger partial charge in [0.1, 0.15) is 5.54 Å². The van der Waals surface area contributed by atoms with Gasteiger partial charge in [0, 0.05) is 12.6 Å². The predicted octanol–water partition coefficient (Wildman–Crippen LogP) is 1.95. The summed E-state index contributed by atoms with van der Waals surface area (Å²) in [5, 5.41) is 12.5. The lowest BCUT2D eigenvalue weighted by Gasteiger charge is -2.41. The van der Waals surface area contributed by atoms with Gasteiger partial charge in [0.15, 0.2) is 0 Å². The molecule has 2 N–H and O–H groups in total. The van der Waals surface area contributed by atoms with E-state index in [1.54, 1.807) is 7.05 Å². The third-order valence-corrected chi connectivity index (χ3v) is 4.53. The molecule has 0 saturated heterocycles. The van der Waals surface area contributed by atoms with E-state index in [1.807, 2.05) is 0 Å². The fourth-order valence-corrected chi connectivity index (χ4v) is 2.92. The van der Waals surface area contributed by atoms with Crippen LogP contribution in [0.3, 0.4) is 0 Å². The van der Waals surface area contributed by atoms with Crippen molar-refractivity contribution in [2.75, 3.05) is 20.6 Å². The molecule has 4 heteroatoms. The molecule has 0 aromatic heterocycles. The highest BCUT2D eigenvalue weighted by Gasteiger charge is 2.42. The molecule has 1 rings (SSSR count). The Bertz CT molecular complexity index is 283. The highest BCUT2D eigenvalue weighted by Crippen LogP contribution is 2.31. The highest BCUT2D eigenvalue weighted by molar-refractivity contribution is 5.79. The lowest BCUT2D eigenvalue weighted by molar-refractivity contribution is -0.147. The van der Waals surface area contributed by atoms with Crippen molar-refractivity contribution < 1.29 is 9.90 Å². The van der Waals surface area contributed by atoms with Crippen LogP contribution in [0, 0.1) is 5.92 Å². The Kier molecular flexibility index (Phi) is 5.60. The van der Waals surface area contributed by atoms with E-state index in [4.69, 9.17) is 0 Å². The van der Waals surface area contributed by atoms with Crippen LogP contribution >= 0.6 is 0 Å². The number of nitrogens with zero attached hydrogens (tertiary/aromatic N) is 1. The lowest BCUT2D eigenvalue weighted by atomic mass is 9.78. The van der Waals surface area contributed by atoms with E-state index < -0.39 is 11.5 Å². The van der Waals surface area contributed by atoms with Gasteiger partial charge in [-0.3, -0.25) is 4.79 Å². The summed E-state index contributed by atoms with van der Waals surface area (Å²) in [6, 6.07) is 0.385. The van der Waals surface area contributed by atoms with E-state index in [9.17, 15) is 9.90 Å². The van der Waals surface area contributed by atoms with E-state index in [0.717, 1.165) is 25.8 Å². The van der Waals surface area contributed by atoms with Crippen LogP contribution < -0.4 is 5.32 Å². The Labute approximate surface area is 111 Å². The van der Waals surface area contributed by atoms with Gasteiger partial charge in [0.2, 0.25) is 0 Å². The van der Waals surface area contributed by atoms with Crippen LogP contribution in [0.25, 0.3) is 0 Å². The highest BCUT2D eigenvalue weighted by atomic mass is 16.4. The summed E-state index contributed by atoms with van der Waals surface area (Å²) in [6.07, 6.45) is 4.73. The maximum atomic E-state index is 11.5. The van der Waals surface area contributed by atoms with Gasteiger partial charge in [-0.05, 0) is 45.7 Å². The fourth-order valence-electron chi connectivity index (χ4n) is 2.92. The topological polar surface area (TPSA) is 52.6 Å². The summed E-state index contributed by atoms with van der Waals surface area (Å²) in [7, 11) is 3.90. The Morgan fingerprint density at radius 2 is 2.28 bits per heavy atom. The zero-order valence-corrected chi connectivity index (χ0v) is 12.2. The van der Waals surface area contributed by atoms with Crippen molar-refractivity contribution in [3.8, 4) is 0 Å². The maximum Gasteiger partial charge on any atom is 0.323 e. The first-order valence-corrected chi connectivity index (χ1v) is 7.07. The third kappa shape index (κ3) is 3.45. The SMILES string of the molecule is CCC(C)CN(C)C1CCCC(NC)(C(=O)O)C1. The molecule has 1 aliphatic rings. The van der Waals surface area contributed by atoms with Crippen LogP contribution in [0.5, 0.6) is 0 Å². The van der Waals surface area contributed by atoms with Gasteiger partial charge in [0.25, 0.3) is 0 Å². The average Bonchev–Trinajstić information content (AvgIpc) is 2.38. The quantitative estimate of drug-likeness (QED) is 0.762. The minimum atomic E-state index is -0.716. The van der Waals surface area contributed by atoms with Gasteiger partial charge < -0.3 is 15.3 Å². The molecule has 4 nitrogen and oxygen atoms in total. The zero-order chi connectivity index (χ0) is 13.8. The molecule has 106 valence electrons. The van der Waals surface area contributed by atoms with Crippen LogP contribution in [0.2, 0.25) is 0 Å². The van der Waals surface area contributed by atoms with E-state index in [-0.39, 0.29) is 0 Å². The molecule has 3 atom stereocenters.